The first-order valence-electron chi connectivity index (χ1n) is 8.88. The molecule has 28 heavy (non-hydrogen) atoms. The number of carbonyl (C=O) groups is 2. The zero-order valence-corrected chi connectivity index (χ0v) is 16.2. The van der Waals surface area contributed by atoms with Gasteiger partial charge in [0.25, 0.3) is 5.91 Å². The van der Waals surface area contributed by atoms with Crippen molar-refractivity contribution in [1.29, 1.82) is 0 Å². The second kappa shape index (κ2) is 9.15. The molecule has 0 atom stereocenters. The highest BCUT2D eigenvalue weighted by atomic mass is 35.5. The van der Waals surface area contributed by atoms with E-state index in [1.165, 1.54) is 6.92 Å². The second-order valence-electron chi connectivity index (χ2n) is 6.32. The highest BCUT2D eigenvalue weighted by molar-refractivity contribution is 6.30. The van der Waals surface area contributed by atoms with Crippen molar-refractivity contribution in [3.05, 3.63) is 88.7 Å². The van der Waals surface area contributed by atoms with Crippen molar-refractivity contribution in [2.45, 2.75) is 13.3 Å². The maximum Gasteiger partial charge on any atom is 0.269 e. The lowest BCUT2D eigenvalue weighted by Crippen LogP contribution is -2.26. The molecule has 0 unspecified atom stereocenters. The summed E-state index contributed by atoms with van der Waals surface area (Å²) in [6, 6.07) is 18.2. The number of pyridine rings is 1. The molecule has 0 aliphatic rings. The van der Waals surface area contributed by atoms with Crippen LogP contribution in [0.5, 0.6) is 0 Å². The van der Waals surface area contributed by atoms with Crippen molar-refractivity contribution in [3.63, 3.8) is 0 Å². The topological polar surface area (TPSA) is 71.1 Å². The van der Waals surface area contributed by atoms with Crippen LogP contribution in [0, 0.1) is 0 Å². The summed E-state index contributed by atoms with van der Waals surface area (Å²) < 4.78 is 0. The number of amides is 1. The number of anilines is 2. The normalized spacial score (nSPS) is 10.4. The van der Waals surface area contributed by atoms with Gasteiger partial charge in [0.05, 0.1) is 0 Å². The monoisotopic (exact) mass is 393 g/mol. The minimum atomic E-state index is -0.232. The van der Waals surface area contributed by atoms with Gasteiger partial charge < -0.3 is 10.6 Å². The van der Waals surface area contributed by atoms with Crippen LogP contribution in [0.1, 0.15) is 33.3 Å². The minimum absolute atomic E-state index is 0.0213. The molecule has 0 radical (unpaired) electrons. The standard InChI is InChI=1S/C22H20ClN3O2/c1-15(27)17-4-8-19(9-5-17)26-20-11-13-24-21(14-20)22(28)25-12-10-16-2-6-18(23)7-3-16/h2-9,11,13-14H,10,12H2,1H3,(H,24,26)(H,25,28). The lowest BCUT2D eigenvalue weighted by molar-refractivity contribution is 0.0948. The predicted octanol–water partition coefficient (Wildman–Crippen LogP) is 4.65. The van der Waals surface area contributed by atoms with Crippen LogP contribution in [-0.4, -0.2) is 23.2 Å². The smallest absolute Gasteiger partial charge is 0.269 e. The molecule has 0 fully saturated rings. The lowest BCUT2D eigenvalue weighted by atomic mass is 10.1. The molecule has 0 saturated carbocycles. The quantitative estimate of drug-likeness (QED) is 0.573. The molecule has 0 aliphatic carbocycles. The lowest BCUT2D eigenvalue weighted by Gasteiger charge is -2.09. The van der Waals surface area contributed by atoms with Gasteiger partial charge in [0.15, 0.2) is 5.78 Å². The molecular formula is C22H20ClN3O2. The molecular weight excluding hydrogens is 374 g/mol. The number of ketones is 1. The highest BCUT2D eigenvalue weighted by Gasteiger charge is 2.08. The predicted molar refractivity (Wildman–Crippen MR) is 111 cm³/mol. The number of nitrogens with zero attached hydrogens (tertiary/aromatic N) is 1. The first kappa shape index (κ1) is 19.6. The first-order chi connectivity index (χ1) is 13.5. The van der Waals surface area contributed by atoms with Crippen LogP contribution in [0.4, 0.5) is 11.4 Å². The van der Waals surface area contributed by atoms with Crippen LogP contribution < -0.4 is 10.6 Å². The van der Waals surface area contributed by atoms with Crippen LogP contribution in [0.2, 0.25) is 5.02 Å². The molecule has 1 amide bonds. The van der Waals surface area contributed by atoms with Crippen LogP contribution in [-0.2, 0) is 6.42 Å². The molecule has 6 heteroatoms. The number of benzene rings is 2. The van der Waals surface area contributed by atoms with Crippen molar-refractivity contribution >= 4 is 34.7 Å². The van der Waals surface area contributed by atoms with E-state index in [0.717, 1.165) is 16.9 Å². The number of carbonyl (C=O) groups excluding carboxylic acids is 2. The van der Waals surface area contributed by atoms with Crippen LogP contribution in [0.25, 0.3) is 0 Å². The average Bonchev–Trinajstić information content (AvgIpc) is 2.70. The molecule has 0 spiro atoms. The van der Waals surface area contributed by atoms with Crippen LogP contribution in [0.3, 0.4) is 0 Å². The van der Waals surface area contributed by atoms with E-state index in [-0.39, 0.29) is 11.7 Å². The van der Waals surface area contributed by atoms with E-state index in [9.17, 15) is 9.59 Å². The number of nitrogens with one attached hydrogen (secondary N) is 2. The number of Topliss-reactive ketones (excluding diaryl/α,β-unsaturated/α-hetero) is 1. The van der Waals surface area contributed by atoms with E-state index in [0.29, 0.717) is 29.2 Å². The summed E-state index contributed by atoms with van der Waals surface area (Å²) in [6.07, 6.45) is 2.30. The number of hydrogen-bond acceptors (Lipinski definition) is 4. The maximum absolute atomic E-state index is 12.4. The molecule has 142 valence electrons. The molecule has 0 bridgehead atoms. The highest BCUT2D eigenvalue weighted by Crippen LogP contribution is 2.18. The second-order valence-corrected chi connectivity index (χ2v) is 6.76. The summed E-state index contributed by atoms with van der Waals surface area (Å²) in [5.41, 5.74) is 3.66. The summed E-state index contributed by atoms with van der Waals surface area (Å²) in [5, 5.41) is 6.77. The van der Waals surface area contributed by atoms with Gasteiger partial charge in [-0.05, 0) is 67.4 Å². The summed E-state index contributed by atoms with van der Waals surface area (Å²) in [5.74, 6) is -0.211. The number of aromatic nitrogens is 1. The molecule has 0 saturated heterocycles. The van der Waals surface area contributed by atoms with E-state index >= 15 is 0 Å². The third-order valence-corrected chi connectivity index (χ3v) is 4.44. The van der Waals surface area contributed by atoms with E-state index in [1.54, 1.807) is 30.5 Å². The Kier molecular flexibility index (Phi) is 6.40. The zero-order valence-electron chi connectivity index (χ0n) is 15.4. The molecule has 5 nitrogen and oxygen atoms in total. The fourth-order valence-electron chi connectivity index (χ4n) is 2.65. The Bertz CT molecular complexity index is 970. The summed E-state index contributed by atoms with van der Waals surface area (Å²) in [6.45, 7) is 2.04. The zero-order chi connectivity index (χ0) is 19.9. The number of halogens is 1. The molecule has 0 aliphatic heterocycles. The fraction of sp³-hybridized carbons (Fsp3) is 0.136. The van der Waals surface area contributed by atoms with Gasteiger partial charge in [-0.15, -0.1) is 0 Å². The molecule has 3 aromatic rings. The SMILES string of the molecule is CC(=O)c1ccc(Nc2ccnc(C(=O)NCCc3ccc(Cl)cc3)c2)cc1. The van der Waals surface area contributed by atoms with Crippen LogP contribution in [0.15, 0.2) is 66.9 Å². The van der Waals surface area contributed by atoms with Crippen molar-refractivity contribution in [3.8, 4) is 0 Å². The molecule has 2 aromatic carbocycles. The van der Waals surface area contributed by atoms with Gasteiger partial charge >= 0.3 is 0 Å². The fourth-order valence-corrected chi connectivity index (χ4v) is 2.78. The van der Waals surface area contributed by atoms with Gasteiger partial charge in [-0.1, -0.05) is 23.7 Å². The van der Waals surface area contributed by atoms with Crippen molar-refractivity contribution in [1.82, 2.24) is 10.3 Å². The van der Waals surface area contributed by atoms with E-state index < -0.39 is 0 Å². The number of rotatable bonds is 7. The van der Waals surface area contributed by atoms with Crippen molar-refractivity contribution in [2.24, 2.45) is 0 Å². The van der Waals surface area contributed by atoms with Gasteiger partial charge in [-0.3, -0.25) is 14.6 Å². The molecule has 1 aromatic heterocycles. The third kappa shape index (κ3) is 5.41. The summed E-state index contributed by atoms with van der Waals surface area (Å²) >= 11 is 5.87. The summed E-state index contributed by atoms with van der Waals surface area (Å²) in [4.78, 5) is 27.8. The largest absolute Gasteiger partial charge is 0.355 e. The Morgan fingerprint density at radius 3 is 2.36 bits per heavy atom. The average molecular weight is 394 g/mol. The Morgan fingerprint density at radius 1 is 0.964 bits per heavy atom. The number of hydrogen-bond donors (Lipinski definition) is 2. The first-order valence-corrected chi connectivity index (χ1v) is 9.26. The van der Waals surface area contributed by atoms with E-state index in [1.807, 2.05) is 36.4 Å². The van der Waals surface area contributed by atoms with Crippen LogP contribution >= 0.6 is 11.6 Å². The van der Waals surface area contributed by atoms with Gasteiger partial charge in [-0.2, -0.15) is 0 Å². The van der Waals surface area contributed by atoms with Gasteiger partial charge in [0.2, 0.25) is 0 Å². The summed E-state index contributed by atoms with van der Waals surface area (Å²) in [7, 11) is 0. The molecule has 3 rings (SSSR count). The van der Waals surface area contributed by atoms with Crippen molar-refractivity contribution < 1.29 is 9.59 Å². The Hall–Kier alpha value is -3.18. The van der Waals surface area contributed by atoms with Crippen molar-refractivity contribution in [2.75, 3.05) is 11.9 Å². The minimum Gasteiger partial charge on any atom is -0.355 e. The molecule has 1 heterocycles. The van der Waals surface area contributed by atoms with Gasteiger partial charge in [-0.25, -0.2) is 0 Å². The maximum atomic E-state index is 12.4. The Balaban J connectivity index is 1.58. The molecule has 2 N–H and O–H groups in total. The Morgan fingerprint density at radius 2 is 1.68 bits per heavy atom. The van der Waals surface area contributed by atoms with Gasteiger partial charge in [0.1, 0.15) is 5.69 Å². The van der Waals surface area contributed by atoms with Gasteiger partial charge in [0, 0.05) is 34.7 Å². The van der Waals surface area contributed by atoms with E-state index in [2.05, 4.69) is 15.6 Å². The van der Waals surface area contributed by atoms with E-state index in [4.69, 9.17) is 11.6 Å². The third-order valence-electron chi connectivity index (χ3n) is 4.19. The Labute approximate surface area is 168 Å².